The molecule has 0 saturated carbocycles. The van der Waals surface area contributed by atoms with Gasteiger partial charge in [-0.1, -0.05) is 0 Å². The Balaban J connectivity index is 2.43. The van der Waals surface area contributed by atoms with E-state index in [1.54, 1.807) is 19.3 Å². The van der Waals surface area contributed by atoms with Gasteiger partial charge in [0.1, 0.15) is 6.33 Å². The second-order valence-corrected chi connectivity index (χ2v) is 2.14. The first kappa shape index (κ1) is 9.18. The fraction of sp³-hybridized carbons (Fsp3) is 0.125. The third kappa shape index (κ3) is 2.90. The maximum Gasteiger partial charge on any atom is 0.330 e. The van der Waals surface area contributed by atoms with E-state index >= 15 is 0 Å². The van der Waals surface area contributed by atoms with Crippen molar-refractivity contribution in [3.8, 4) is 0 Å². The van der Waals surface area contributed by atoms with Crippen molar-refractivity contribution >= 4 is 12.2 Å². The summed E-state index contributed by atoms with van der Waals surface area (Å²) in [5.74, 6) is 0. The van der Waals surface area contributed by atoms with Gasteiger partial charge in [-0.3, -0.25) is 9.56 Å². The van der Waals surface area contributed by atoms with Crippen molar-refractivity contribution in [1.29, 1.82) is 0 Å². The van der Waals surface area contributed by atoms with E-state index < -0.39 is 0 Å². The number of hydrogen-bond donors (Lipinski definition) is 1. The van der Waals surface area contributed by atoms with Crippen molar-refractivity contribution in [3.05, 3.63) is 31.1 Å². The highest BCUT2D eigenvalue weighted by Gasteiger charge is 1.97. The number of rotatable bonds is 2. The van der Waals surface area contributed by atoms with Crippen LogP contribution in [0.2, 0.25) is 0 Å². The summed E-state index contributed by atoms with van der Waals surface area (Å²) in [6.07, 6.45) is 9.10. The Bertz CT molecular complexity index is 313. The molecule has 0 fully saturated rings. The SMILES string of the molecule is CC=N/C=C\NC(=O)n1ccnc1. The number of aromatic nitrogens is 2. The fourth-order valence-electron chi connectivity index (χ4n) is 0.691. The van der Waals surface area contributed by atoms with Gasteiger partial charge in [0.05, 0.1) is 0 Å². The fourth-order valence-corrected chi connectivity index (χ4v) is 0.691. The maximum absolute atomic E-state index is 11.2. The first-order chi connectivity index (χ1) is 6.34. The van der Waals surface area contributed by atoms with Crippen LogP contribution in [0.3, 0.4) is 0 Å². The van der Waals surface area contributed by atoms with Gasteiger partial charge < -0.3 is 5.32 Å². The van der Waals surface area contributed by atoms with Gasteiger partial charge in [-0.25, -0.2) is 9.78 Å². The molecular formula is C8H10N4O. The molecule has 0 radical (unpaired) electrons. The molecule has 0 saturated heterocycles. The highest BCUT2D eigenvalue weighted by molar-refractivity contribution is 5.77. The molecule has 0 unspecified atom stereocenters. The summed E-state index contributed by atoms with van der Waals surface area (Å²) in [7, 11) is 0. The van der Waals surface area contributed by atoms with Gasteiger partial charge in [-0.2, -0.15) is 0 Å². The van der Waals surface area contributed by atoms with E-state index in [9.17, 15) is 4.79 Å². The molecule has 0 aliphatic carbocycles. The number of carbonyl (C=O) groups is 1. The topological polar surface area (TPSA) is 59.3 Å². The van der Waals surface area contributed by atoms with Gasteiger partial charge >= 0.3 is 6.03 Å². The molecule has 0 spiro atoms. The molecule has 5 heteroatoms. The smallest absolute Gasteiger partial charge is 0.312 e. The van der Waals surface area contributed by atoms with E-state index in [-0.39, 0.29) is 6.03 Å². The Kier molecular flexibility index (Phi) is 3.44. The van der Waals surface area contributed by atoms with E-state index in [1.165, 1.54) is 29.5 Å². The maximum atomic E-state index is 11.2. The second kappa shape index (κ2) is 4.87. The van der Waals surface area contributed by atoms with Crippen LogP contribution in [0.25, 0.3) is 0 Å². The molecule has 1 aromatic rings. The zero-order valence-electron chi connectivity index (χ0n) is 7.21. The van der Waals surface area contributed by atoms with Crippen LogP contribution in [-0.2, 0) is 0 Å². The molecule has 1 aromatic heterocycles. The average molecular weight is 178 g/mol. The molecule has 1 amide bonds. The van der Waals surface area contributed by atoms with E-state index in [1.807, 2.05) is 0 Å². The van der Waals surface area contributed by atoms with E-state index in [4.69, 9.17) is 0 Å². The third-order valence-corrected chi connectivity index (χ3v) is 1.26. The molecule has 0 bridgehead atoms. The van der Waals surface area contributed by atoms with E-state index in [0.29, 0.717) is 0 Å². The molecule has 0 atom stereocenters. The van der Waals surface area contributed by atoms with Gasteiger partial charge in [0.2, 0.25) is 0 Å². The summed E-state index contributed by atoms with van der Waals surface area (Å²) in [6, 6.07) is -0.264. The van der Waals surface area contributed by atoms with Gasteiger partial charge in [0.25, 0.3) is 0 Å². The van der Waals surface area contributed by atoms with Gasteiger partial charge in [-0.15, -0.1) is 0 Å². The molecule has 0 aliphatic rings. The Morgan fingerprint density at radius 3 is 3.15 bits per heavy atom. The van der Waals surface area contributed by atoms with Crippen molar-refractivity contribution in [3.63, 3.8) is 0 Å². The van der Waals surface area contributed by atoms with Crippen molar-refractivity contribution in [2.75, 3.05) is 0 Å². The molecule has 1 N–H and O–H groups in total. The number of hydrogen-bond acceptors (Lipinski definition) is 3. The Morgan fingerprint density at radius 2 is 2.54 bits per heavy atom. The molecule has 13 heavy (non-hydrogen) atoms. The van der Waals surface area contributed by atoms with Crippen LogP contribution in [0, 0.1) is 0 Å². The van der Waals surface area contributed by atoms with Crippen LogP contribution in [0.4, 0.5) is 4.79 Å². The molecule has 1 rings (SSSR count). The number of amides is 1. The predicted octanol–water partition coefficient (Wildman–Crippen LogP) is 1.00. The van der Waals surface area contributed by atoms with Crippen LogP contribution in [-0.4, -0.2) is 21.8 Å². The van der Waals surface area contributed by atoms with Crippen LogP contribution in [0.1, 0.15) is 6.92 Å². The Hall–Kier alpha value is -1.91. The number of nitrogens with zero attached hydrogens (tertiary/aromatic N) is 3. The van der Waals surface area contributed by atoms with Crippen LogP contribution >= 0.6 is 0 Å². The average Bonchev–Trinajstić information content (AvgIpc) is 2.65. The number of aliphatic imine (C=N–C) groups is 1. The predicted molar refractivity (Wildman–Crippen MR) is 49.5 cm³/mol. The molecular weight excluding hydrogens is 168 g/mol. The first-order valence-electron chi connectivity index (χ1n) is 3.76. The zero-order valence-corrected chi connectivity index (χ0v) is 7.21. The monoisotopic (exact) mass is 178 g/mol. The number of imidazole rings is 1. The molecule has 0 aromatic carbocycles. The summed E-state index contributed by atoms with van der Waals surface area (Å²) >= 11 is 0. The Labute approximate surface area is 75.8 Å². The normalized spacial score (nSPS) is 11.2. The largest absolute Gasteiger partial charge is 0.330 e. The lowest BCUT2D eigenvalue weighted by molar-refractivity contribution is 0.245. The van der Waals surface area contributed by atoms with Crippen LogP contribution in [0.5, 0.6) is 0 Å². The van der Waals surface area contributed by atoms with Gasteiger partial charge in [0.15, 0.2) is 0 Å². The van der Waals surface area contributed by atoms with Crippen molar-refractivity contribution in [1.82, 2.24) is 14.9 Å². The molecule has 1 heterocycles. The molecule has 5 nitrogen and oxygen atoms in total. The minimum absolute atomic E-state index is 0.264. The minimum atomic E-state index is -0.264. The Morgan fingerprint density at radius 1 is 1.69 bits per heavy atom. The first-order valence-corrected chi connectivity index (χ1v) is 3.76. The quantitative estimate of drug-likeness (QED) is 0.687. The van der Waals surface area contributed by atoms with Crippen molar-refractivity contribution in [2.24, 2.45) is 4.99 Å². The van der Waals surface area contributed by atoms with Crippen LogP contribution < -0.4 is 5.32 Å². The standard InChI is InChI=1S/C8H10N4O/c1-2-9-3-4-11-8(13)12-6-5-10-7-12/h2-7H,1H3,(H,11,13)/b4-3-,9-2?. The van der Waals surface area contributed by atoms with Gasteiger partial charge in [0, 0.05) is 31.0 Å². The summed E-state index contributed by atoms with van der Waals surface area (Å²) < 4.78 is 1.33. The minimum Gasteiger partial charge on any atom is -0.312 e. The van der Waals surface area contributed by atoms with Crippen molar-refractivity contribution < 1.29 is 4.79 Å². The van der Waals surface area contributed by atoms with E-state index in [0.717, 1.165) is 0 Å². The number of carbonyl (C=O) groups excluding carboxylic acids is 1. The molecule has 0 aliphatic heterocycles. The lowest BCUT2D eigenvalue weighted by Gasteiger charge is -1.97. The summed E-state index contributed by atoms with van der Waals surface area (Å²) in [4.78, 5) is 18.7. The highest BCUT2D eigenvalue weighted by atomic mass is 16.2. The second-order valence-electron chi connectivity index (χ2n) is 2.14. The number of nitrogens with one attached hydrogen (secondary N) is 1. The summed E-state index contributed by atoms with van der Waals surface area (Å²) in [5, 5.41) is 2.51. The summed E-state index contributed by atoms with van der Waals surface area (Å²) in [6.45, 7) is 1.79. The van der Waals surface area contributed by atoms with Gasteiger partial charge in [-0.05, 0) is 6.92 Å². The van der Waals surface area contributed by atoms with E-state index in [2.05, 4.69) is 15.3 Å². The third-order valence-electron chi connectivity index (χ3n) is 1.26. The molecule has 68 valence electrons. The zero-order chi connectivity index (χ0) is 9.52. The lowest BCUT2D eigenvalue weighted by atomic mass is 10.8. The highest BCUT2D eigenvalue weighted by Crippen LogP contribution is 1.84. The lowest BCUT2D eigenvalue weighted by Crippen LogP contribution is -2.22. The van der Waals surface area contributed by atoms with Crippen LogP contribution in [0.15, 0.2) is 36.1 Å². The van der Waals surface area contributed by atoms with Crippen molar-refractivity contribution in [2.45, 2.75) is 6.92 Å². The summed E-state index contributed by atoms with van der Waals surface area (Å²) in [5.41, 5.74) is 0.